The molecular weight excluding hydrogens is 454 g/mol. The molecule has 0 unspecified atom stereocenters. The summed E-state index contributed by atoms with van der Waals surface area (Å²) < 4.78 is 0. The Labute approximate surface area is 213 Å². The molecule has 2 aromatic carbocycles. The minimum atomic E-state index is -0.262. The summed E-state index contributed by atoms with van der Waals surface area (Å²) in [5.41, 5.74) is 4.17. The topological polar surface area (TPSA) is 76.2 Å². The van der Waals surface area contributed by atoms with Gasteiger partial charge in [0, 0.05) is 51.5 Å². The van der Waals surface area contributed by atoms with Gasteiger partial charge in [-0.15, -0.1) is 0 Å². The number of amides is 3. The van der Waals surface area contributed by atoms with E-state index in [1.165, 1.54) is 0 Å². The second-order valence-electron chi connectivity index (χ2n) is 9.65. The predicted molar refractivity (Wildman–Crippen MR) is 144 cm³/mol. The fraction of sp³-hybridized carbons (Fsp3) is 0.464. The summed E-state index contributed by atoms with van der Waals surface area (Å²) in [5.74, 6) is -0.363. The van der Waals surface area contributed by atoms with Crippen molar-refractivity contribution in [3.8, 4) is 0 Å². The number of fused-ring (bicyclic) bond motifs is 3. The van der Waals surface area contributed by atoms with Crippen LogP contribution in [0.1, 0.15) is 49.0 Å². The van der Waals surface area contributed by atoms with E-state index in [0.717, 1.165) is 42.7 Å². The van der Waals surface area contributed by atoms with E-state index in [1.807, 2.05) is 69.2 Å². The number of hydrogen-bond acceptors (Lipinski definition) is 5. The zero-order chi connectivity index (χ0) is 25.8. The molecule has 1 N–H and O–H groups in total. The fourth-order valence-corrected chi connectivity index (χ4v) is 5.06. The number of nitrogens with one attached hydrogen (secondary N) is 1. The van der Waals surface area contributed by atoms with Crippen molar-refractivity contribution in [3.05, 3.63) is 53.6 Å². The van der Waals surface area contributed by atoms with Crippen LogP contribution in [0, 0.1) is 0 Å². The number of carbonyl (C=O) groups excluding carboxylic acids is 3. The van der Waals surface area contributed by atoms with Gasteiger partial charge in [0.05, 0.1) is 11.4 Å². The molecule has 1 saturated heterocycles. The minimum absolute atomic E-state index is 0.0680. The lowest BCUT2D eigenvalue weighted by molar-refractivity contribution is -0.125. The fourth-order valence-electron chi connectivity index (χ4n) is 5.06. The number of carbonyl (C=O) groups is 3. The first-order chi connectivity index (χ1) is 17.3. The molecule has 2 aliphatic rings. The third-order valence-corrected chi connectivity index (χ3v) is 7.17. The molecule has 3 amide bonds. The van der Waals surface area contributed by atoms with Crippen molar-refractivity contribution in [2.45, 2.75) is 45.7 Å². The largest absolute Gasteiger partial charge is 0.378 e. The molecule has 0 saturated carbocycles. The number of nitrogens with zero attached hydrogens (tertiary/aromatic N) is 4. The van der Waals surface area contributed by atoms with Crippen LogP contribution in [0.2, 0.25) is 0 Å². The molecule has 8 heteroatoms. The van der Waals surface area contributed by atoms with E-state index in [-0.39, 0.29) is 30.3 Å². The molecule has 0 aromatic heterocycles. The summed E-state index contributed by atoms with van der Waals surface area (Å²) >= 11 is 0. The molecule has 0 spiro atoms. The Morgan fingerprint density at radius 1 is 1.00 bits per heavy atom. The van der Waals surface area contributed by atoms with Crippen LogP contribution in [-0.2, 0) is 16.1 Å². The standard InChI is InChI=1S/C28H37N5O3/c1-5-31(6-2)27(35)21-12-15-23-25(17-21)33(28(36)24-9-7-8-16-32(23)24)19-26(34)29-18-20-10-13-22(14-11-20)30(3)4/h10-15,17,24H,5-9,16,18-19H2,1-4H3,(H,29,34)/t24-/m1/s1. The van der Waals surface area contributed by atoms with Crippen molar-refractivity contribution < 1.29 is 14.4 Å². The van der Waals surface area contributed by atoms with Gasteiger partial charge in [-0.1, -0.05) is 12.1 Å². The molecule has 8 nitrogen and oxygen atoms in total. The van der Waals surface area contributed by atoms with Crippen LogP contribution < -0.4 is 20.0 Å². The third-order valence-electron chi connectivity index (χ3n) is 7.17. The molecule has 2 aromatic rings. The van der Waals surface area contributed by atoms with E-state index < -0.39 is 0 Å². The van der Waals surface area contributed by atoms with Gasteiger partial charge in [-0.2, -0.15) is 0 Å². The van der Waals surface area contributed by atoms with Gasteiger partial charge in [0.15, 0.2) is 0 Å². The summed E-state index contributed by atoms with van der Waals surface area (Å²) in [5, 5.41) is 2.96. The Hall–Kier alpha value is -3.55. The number of benzene rings is 2. The van der Waals surface area contributed by atoms with Crippen molar-refractivity contribution in [3.63, 3.8) is 0 Å². The first-order valence-electron chi connectivity index (χ1n) is 12.9. The second-order valence-corrected chi connectivity index (χ2v) is 9.65. The van der Waals surface area contributed by atoms with Crippen LogP contribution in [0.5, 0.6) is 0 Å². The number of piperidine rings is 1. The van der Waals surface area contributed by atoms with Gasteiger partial charge in [0.1, 0.15) is 12.6 Å². The van der Waals surface area contributed by atoms with Gasteiger partial charge in [-0.05, 0) is 69.0 Å². The Morgan fingerprint density at radius 2 is 1.72 bits per heavy atom. The van der Waals surface area contributed by atoms with E-state index in [9.17, 15) is 14.4 Å². The average Bonchev–Trinajstić information content (AvgIpc) is 2.90. The van der Waals surface area contributed by atoms with E-state index in [1.54, 1.807) is 15.9 Å². The van der Waals surface area contributed by atoms with Crippen LogP contribution in [-0.4, -0.2) is 68.9 Å². The maximum Gasteiger partial charge on any atom is 0.253 e. The molecule has 1 atom stereocenters. The number of hydrogen-bond donors (Lipinski definition) is 1. The molecule has 1 fully saturated rings. The Balaban J connectivity index is 1.56. The smallest absolute Gasteiger partial charge is 0.253 e. The highest BCUT2D eigenvalue weighted by Gasteiger charge is 2.40. The molecule has 0 radical (unpaired) electrons. The lowest BCUT2D eigenvalue weighted by Crippen LogP contribution is -2.57. The van der Waals surface area contributed by atoms with Gasteiger partial charge >= 0.3 is 0 Å². The van der Waals surface area contributed by atoms with E-state index in [0.29, 0.717) is 30.9 Å². The maximum absolute atomic E-state index is 13.6. The molecular formula is C28H37N5O3. The summed E-state index contributed by atoms with van der Waals surface area (Å²) in [6.45, 7) is 6.24. The number of anilines is 3. The SMILES string of the molecule is CCN(CC)C(=O)c1ccc2c(c1)N(CC(=O)NCc1ccc(N(C)C)cc1)C(=O)[C@H]1CCCCN21. The normalized spacial score (nSPS) is 16.8. The highest BCUT2D eigenvalue weighted by atomic mass is 16.2. The zero-order valence-electron chi connectivity index (χ0n) is 21.8. The second kappa shape index (κ2) is 11.0. The molecule has 192 valence electrons. The Kier molecular flexibility index (Phi) is 7.82. The van der Waals surface area contributed by atoms with Crippen molar-refractivity contribution >= 4 is 34.8 Å². The van der Waals surface area contributed by atoms with Crippen molar-refractivity contribution in [2.75, 3.05) is 55.0 Å². The van der Waals surface area contributed by atoms with Gasteiger partial charge in [-0.3, -0.25) is 19.3 Å². The molecule has 0 aliphatic carbocycles. The van der Waals surface area contributed by atoms with Crippen molar-refractivity contribution in [2.24, 2.45) is 0 Å². The molecule has 36 heavy (non-hydrogen) atoms. The van der Waals surface area contributed by atoms with Crippen LogP contribution >= 0.6 is 0 Å². The van der Waals surface area contributed by atoms with Crippen LogP contribution in [0.15, 0.2) is 42.5 Å². The van der Waals surface area contributed by atoms with E-state index in [4.69, 9.17) is 0 Å². The lowest BCUT2D eigenvalue weighted by Gasteiger charge is -2.45. The summed E-state index contributed by atoms with van der Waals surface area (Å²) in [7, 11) is 3.97. The van der Waals surface area contributed by atoms with Crippen molar-refractivity contribution in [1.29, 1.82) is 0 Å². The Morgan fingerprint density at radius 3 is 2.39 bits per heavy atom. The molecule has 0 bridgehead atoms. The molecule has 2 heterocycles. The predicted octanol–water partition coefficient (Wildman–Crippen LogP) is 3.26. The van der Waals surface area contributed by atoms with Gasteiger partial charge in [-0.25, -0.2) is 0 Å². The maximum atomic E-state index is 13.6. The highest BCUT2D eigenvalue weighted by molar-refractivity contribution is 6.09. The van der Waals surface area contributed by atoms with Crippen LogP contribution in [0.3, 0.4) is 0 Å². The minimum Gasteiger partial charge on any atom is -0.378 e. The zero-order valence-corrected chi connectivity index (χ0v) is 21.8. The average molecular weight is 492 g/mol. The van der Waals surface area contributed by atoms with E-state index >= 15 is 0 Å². The molecule has 4 rings (SSSR count). The monoisotopic (exact) mass is 491 g/mol. The van der Waals surface area contributed by atoms with Gasteiger partial charge < -0.3 is 20.0 Å². The number of rotatable bonds is 8. The lowest BCUT2D eigenvalue weighted by atomic mass is 9.95. The first-order valence-corrected chi connectivity index (χ1v) is 12.9. The van der Waals surface area contributed by atoms with Gasteiger partial charge in [0.25, 0.3) is 5.91 Å². The van der Waals surface area contributed by atoms with Crippen LogP contribution in [0.4, 0.5) is 17.1 Å². The summed E-state index contributed by atoms with van der Waals surface area (Å²) in [4.78, 5) is 47.1. The summed E-state index contributed by atoms with van der Waals surface area (Å²) in [6.07, 6.45) is 2.79. The van der Waals surface area contributed by atoms with Crippen LogP contribution in [0.25, 0.3) is 0 Å². The highest BCUT2D eigenvalue weighted by Crippen LogP contribution is 2.40. The first kappa shape index (κ1) is 25.5. The van der Waals surface area contributed by atoms with E-state index in [2.05, 4.69) is 10.2 Å². The van der Waals surface area contributed by atoms with Gasteiger partial charge in [0.2, 0.25) is 11.8 Å². The van der Waals surface area contributed by atoms with Crippen molar-refractivity contribution in [1.82, 2.24) is 10.2 Å². The molecule has 2 aliphatic heterocycles. The Bertz CT molecular complexity index is 1110. The quantitative estimate of drug-likeness (QED) is 0.614. The summed E-state index contributed by atoms with van der Waals surface area (Å²) in [6, 6.07) is 13.3. The third kappa shape index (κ3) is 5.17.